The Morgan fingerprint density at radius 3 is 3.00 bits per heavy atom. The van der Waals surface area contributed by atoms with E-state index in [0.717, 1.165) is 5.56 Å². The molecular weight excluding hydrogens is 230 g/mol. The molecule has 1 aliphatic heterocycles. The first-order valence-corrected chi connectivity index (χ1v) is 5.77. The summed E-state index contributed by atoms with van der Waals surface area (Å²) in [6.07, 6.45) is 0.459. The summed E-state index contributed by atoms with van der Waals surface area (Å²) in [5.41, 5.74) is 6.29. The largest absolute Gasteiger partial charge is 0.480 e. The zero-order valence-corrected chi connectivity index (χ0v) is 9.97. The van der Waals surface area contributed by atoms with Gasteiger partial charge in [-0.15, -0.1) is 0 Å². The molecular formula is C13H15N3O2. The van der Waals surface area contributed by atoms with Gasteiger partial charge in [0.15, 0.2) is 0 Å². The predicted molar refractivity (Wildman–Crippen MR) is 65.6 cm³/mol. The maximum atomic E-state index is 11.0. The van der Waals surface area contributed by atoms with Crippen LogP contribution < -0.4 is 5.73 Å². The number of nitrogens with zero attached hydrogens (tertiary/aromatic N) is 2. The van der Waals surface area contributed by atoms with Crippen molar-refractivity contribution in [3.63, 3.8) is 0 Å². The van der Waals surface area contributed by atoms with Crippen molar-refractivity contribution in [1.82, 2.24) is 4.90 Å². The molecule has 18 heavy (non-hydrogen) atoms. The van der Waals surface area contributed by atoms with Gasteiger partial charge >= 0.3 is 5.97 Å². The number of benzene rings is 1. The Morgan fingerprint density at radius 1 is 1.61 bits per heavy atom. The van der Waals surface area contributed by atoms with Crippen LogP contribution in [0.1, 0.15) is 17.5 Å². The van der Waals surface area contributed by atoms with Gasteiger partial charge in [-0.2, -0.15) is 5.26 Å². The highest BCUT2D eigenvalue weighted by molar-refractivity contribution is 5.79. The first-order valence-electron chi connectivity index (χ1n) is 5.77. The highest BCUT2D eigenvalue weighted by Crippen LogP contribution is 2.21. The minimum atomic E-state index is -1.13. The molecule has 5 heteroatoms. The fourth-order valence-corrected chi connectivity index (χ4v) is 2.22. The molecule has 1 fully saturated rings. The van der Waals surface area contributed by atoms with Gasteiger partial charge in [-0.3, -0.25) is 9.69 Å². The first-order chi connectivity index (χ1) is 8.53. The molecule has 94 valence electrons. The van der Waals surface area contributed by atoms with Crippen LogP contribution in [0.4, 0.5) is 0 Å². The summed E-state index contributed by atoms with van der Waals surface area (Å²) in [5, 5.41) is 17.9. The SMILES string of the molecule is N#Cc1cccc(CN2CCC(N)(C(=O)O)C2)c1. The monoisotopic (exact) mass is 245 g/mol. The van der Waals surface area contributed by atoms with Gasteiger partial charge in [0.1, 0.15) is 5.54 Å². The average molecular weight is 245 g/mol. The van der Waals surface area contributed by atoms with Crippen LogP contribution in [0, 0.1) is 11.3 Å². The van der Waals surface area contributed by atoms with Gasteiger partial charge in [0, 0.05) is 19.6 Å². The van der Waals surface area contributed by atoms with Crippen molar-refractivity contribution in [2.24, 2.45) is 5.73 Å². The van der Waals surface area contributed by atoms with Crippen LogP contribution in [-0.4, -0.2) is 34.6 Å². The Morgan fingerprint density at radius 2 is 2.39 bits per heavy atom. The van der Waals surface area contributed by atoms with E-state index in [9.17, 15) is 4.79 Å². The highest BCUT2D eigenvalue weighted by Gasteiger charge is 2.40. The number of rotatable bonds is 3. The summed E-state index contributed by atoms with van der Waals surface area (Å²) in [5.74, 6) is -0.948. The van der Waals surface area contributed by atoms with Gasteiger partial charge in [0.2, 0.25) is 0 Å². The van der Waals surface area contributed by atoms with Gasteiger partial charge in [-0.05, 0) is 24.1 Å². The van der Waals surface area contributed by atoms with Crippen LogP contribution >= 0.6 is 0 Å². The molecule has 5 nitrogen and oxygen atoms in total. The molecule has 1 unspecified atom stereocenters. The van der Waals surface area contributed by atoms with Crippen molar-refractivity contribution >= 4 is 5.97 Å². The lowest BCUT2D eigenvalue weighted by Crippen LogP contribution is -2.50. The summed E-state index contributed by atoms with van der Waals surface area (Å²) < 4.78 is 0. The fourth-order valence-electron chi connectivity index (χ4n) is 2.22. The summed E-state index contributed by atoms with van der Waals surface area (Å²) in [6, 6.07) is 9.41. The minimum absolute atomic E-state index is 0.346. The lowest BCUT2D eigenvalue weighted by atomic mass is 10.0. The second-order valence-electron chi connectivity index (χ2n) is 4.73. The lowest BCUT2D eigenvalue weighted by molar-refractivity contribution is -0.142. The third-order valence-electron chi connectivity index (χ3n) is 3.27. The number of likely N-dealkylation sites (tertiary alicyclic amines) is 1. The van der Waals surface area contributed by atoms with Crippen LogP contribution in [0.3, 0.4) is 0 Å². The number of nitrogens with two attached hydrogens (primary N) is 1. The number of aliphatic carboxylic acids is 1. The summed E-state index contributed by atoms with van der Waals surface area (Å²) in [4.78, 5) is 13.0. The molecule has 0 saturated carbocycles. The molecule has 0 amide bonds. The highest BCUT2D eigenvalue weighted by atomic mass is 16.4. The molecule has 3 N–H and O–H groups in total. The van der Waals surface area contributed by atoms with E-state index < -0.39 is 11.5 Å². The Balaban J connectivity index is 2.04. The standard InChI is InChI=1S/C13H15N3O2/c14-7-10-2-1-3-11(6-10)8-16-5-4-13(15,9-16)12(17)18/h1-3,6H,4-5,8-9,15H2,(H,17,18). The maximum Gasteiger partial charge on any atom is 0.325 e. The molecule has 1 aromatic rings. The van der Waals surface area contributed by atoms with E-state index in [-0.39, 0.29) is 0 Å². The lowest BCUT2D eigenvalue weighted by Gasteiger charge is -2.20. The van der Waals surface area contributed by atoms with Crippen molar-refractivity contribution in [2.45, 2.75) is 18.5 Å². The minimum Gasteiger partial charge on any atom is -0.480 e. The van der Waals surface area contributed by atoms with E-state index >= 15 is 0 Å². The van der Waals surface area contributed by atoms with Crippen LogP contribution in [-0.2, 0) is 11.3 Å². The Hall–Kier alpha value is -1.90. The molecule has 0 aromatic heterocycles. The first kappa shape index (κ1) is 12.6. The van der Waals surface area contributed by atoms with E-state index in [1.807, 2.05) is 23.1 Å². The Labute approximate surface area is 105 Å². The third kappa shape index (κ3) is 2.50. The number of hydrogen-bond acceptors (Lipinski definition) is 4. The molecule has 1 aliphatic rings. The number of carbonyl (C=O) groups is 1. The van der Waals surface area contributed by atoms with Crippen LogP contribution in [0.25, 0.3) is 0 Å². The number of nitriles is 1. The Kier molecular flexibility index (Phi) is 3.32. The van der Waals surface area contributed by atoms with E-state index in [4.69, 9.17) is 16.1 Å². The number of carboxylic acid groups (broad SMARTS) is 1. The molecule has 2 rings (SSSR count). The molecule has 1 atom stereocenters. The molecule has 1 aromatic carbocycles. The molecule has 0 bridgehead atoms. The zero-order chi connectivity index (χ0) is 13.2. The molecule has 1 saturated heterocycles. The fraction of sp³-hybridized carbons (Fsp3) is 0.385. The molecule has 0 aliphatic carbocycles. The second-order valence-corrected chi connectivity index (χ2v) is 4.73. The molecule has 0 radical (unpaired) electrons. The van der Waals surface area contributed by atoms with Crippen molar-refractivity contribution in [2.75, 3.05) is 13.1 Å². The molecule has 0 spiro atoms. The van der Waals surface area contributed by atoms with Gasteiger partial charge in [-0.25, -0.2) is 0 Å². The summed E-state index contributed by atoms with van der Waals surface area (Å²) in [7, 11) is 0. The maximum absolute atomic E-state index is 11.0. The van der Waals surface area contributed by atoms with Crippen molar-refractivity contribution in [1.29, 1.82) is 5.26 Å². The number of carboxylic acids is 1. The van der Waals surface area contributed by atoms with Crippen molar-refractivity contribution in [3.05, 3.63) is 35.4 Å². The van der Waals surface area contributed by atoms with Gasteiger partial charge in [0.25, 0.3) is 0 Å². The van der Waals surface area contributed by atoms with Crippen LogP contribution in [0.5, 0.6) is 0 Å². The topological polar surface area (TPSA) is 90.4 Å². The van der Waals surface area contributed by atoms with E-state index in [1.54, 1.807) is 6.07 Å². The predicted octanol–water partition coefficient (Wildman–Crippen LogP) is 0.546. The van der Waals surface area contributed by atoms with Crippen LogP contribution in [0.15, 0.2) is 24.3 Å². The van der Waals surface area contributed by atoms with Gasteiger partial charge < -0.3 is 10.8 Å². The quantitative estimate of drug-likeness (QED) is 0.811. The van der Waals surface area contributed by atoms with Crippen molar-refractivity contribution < 1.29 is 9.90 Å². The Bertz CT molecular complexity index is 509. The van der Waals surface area contributed by atoms with Gasteiger partial charge in [-0.1, -0.05) is 12.1 Å². The van der Waals surface area contributed by atoms with Gasteiger partial charge in [0.05, 0.1) is 11.6 Å². The van der Waals surface area contributed by atoms with E-state index in [2.05, 4.69) is 6.07 Å². The van der Waals surface area contributed by atoms with E-state index in [1.165, 1.54) is 0 Å². The normalized spacial score (nSPS) is 23.8. The zero-order valence-electron chi connectivity index (χ0n) is 9.97. The van der Waals surface area contributed by atoms with Crippen LogP contribution in [0.2, 0.25) is 0 Å². The average Bonchev–Trinajstić information content (AvgIpc) is 2.72. The van der Waals surface area contributed by atoms with E-state index in [0.29, 0.717) is 31.6 Å². The van der Waals surface area contributed by atoms with Crippen molar-refractivity contribution in [3.8, 4) is 6.07 Å². The smallest absolute Gasteiger partial charge is 0.325 e. The number of hydrogen-bond donors (Lipinski definition) is 2. The third-order valence-corrected chi connectivity index (χ3v) is 3.27. The second kappa shape index (κ2) is 4.77. The summed E-state index contributed by atoms with van der Waals surface area (Å²) >= 11 is 0. The summed E-state index contributed by atoms with van der Waals surface area (Å²) in [6.45, 7) is 1.64. The molecule has 1 heterocycles.